The van der Waals surface area contributed by atoms with Crippen molar-refractivity contribution in [3.63, 3.8) is 0 Å². The number of hydrogen-bond donors (Lipinski definition) is 4. The van der Waals surface area contributed by atoms with Crippen LogP contribution in [-0.2, 0) is 6.54 Å². The summed E-state index contributed by atoms with van der Waals surface area (Å²) in [5, 5.41) is 15.7. The van der Waals surface area contributed by atoms with Crippen molar-refractivity contribution in [3.05, 3.63) is 114 Å². The lowest BCUT2D eigenvalue weighted by Crippen LogP contribution is -2.49. The number of pyridine rings is 1. The number of nitrogens with one attached hydrogen (secondary N) is 2. The Balaban J connectivity index is 1.30. The van der Waals surface area contributed by atoms with Crippen LogP contribution in [0.2, 0.25) is 0 Å². The van der Waals surface area contributed by atoms with Gasteiger partial charge in [-0.3, -0.25) is 24.3 Å². The van der Waals surface area contributed by atoms with Crippen molar-refractivity contribution in [2.45, 2.75) is 32.5 Å². The summed E-state index contributed by atoms with van der Waals surface area (Å²) in [4.78, 5) is 47.1. The number of rotatable bonds is 10. The van der Waals surface area contributed by atoms with Gasteiger partial charge in [0.05, 0.1) is 29.6 Å². The molecule has 5 N–H and O–H groups in total. The molecule has 0 unspecified atom stereocenters. The standard InChI is InChI=1S/C36H40N6O5/c1-23-19-42(24(2)22-43)36(46)29-18-28(39-34(44)27-14-16-38-17-15-27)12-13-32(29)47-33(23)21-41(3)20-25-8-10-26(11-9-25)35(45)40-31-7-5-4-6-30(31)37/h4-18,23-24,33,43H,19-22,37H2,1-3H3,(H,39,44)(H,40,45)/t23-,24-,33+/m0/s1. The molecular weight excluding hydrogens is 596 g/mol. The smallest absolute Gasteiger partial charge is 0.258 e. The quantitative estimate of drug-likeness (QED) is 0.186. The van der Waals surface area contributed by atoms with E-state index in [0.717, 1.165) is 5.56 Å². The number of nitrogens with zero attached hydrogens (tertiary/aromatic N) is 3. The number of para-hydroxylation sites is 2. The molecule has 1 aliphatic heterocycles. The van der Waals surface area contributed by atoms with E-state index in [9.17, 15) is 19.5 Å². The van der Waals surface area contributed by atoms with Gasteiger partial charge in [0, 0.05) is 54.8 Å². The maximum Gasteiger partial charge on any atom is 0.258 e. The number of benzene rings is 3. The van der Waals surface area contributed by atoms with Gasteiger partial charge < -0.3 is 31.1 Å². The molecule has 11 heteroatoms. The minimum atomic E-state index is -0.418. The summed E-state index contributed by atoms with van der Waals surface area (Å²) in [5.74, 6) is -0.499. The van der Waals surface area contributed by atoms with Crippen LogP contribution in [0, 0.1) is 5.92 Å². The summed E-state index contributed by atoms with van der Waals surface area (Å²) in [7, 11) is 1.99. The number of aromatic nitrogens is 1. The van der Waals surface area contributed by atoms with E-state index >= 15 is 0 Å². The van der Waals surface area contributed by atoms with Crippen LogP contribution in [0.3, 0.4) is 0 Å². The monoisotopic (exact) mass is 636 g/mol. The molecule has 2 heterocycles. The third-order valence-electron chi connectivity index (χ3n) is 8.23. The van der Waals surface area contributed by atoms with Crippen molar-refractivity contribution < 1.29 is 24.2 Å². The first kappa shape index (κ1) is 33.1. The largest absolute Gasteiger partial charge is 0.488 e. The average Bonchev–Trinajstić information content (AvgIpc) is 3.08. The van der Waals surface area contributed by atoms with E-state index in [-0.39, 0.29) is 36.4 Å². The van der Waals surface area contributed by atoms with Crippen molar-refractivity contribution in [3.8, 4) is 5.75 Å². The van der Waals surface area contributed by atoms with Gasteiger partial charge in [-0.1, -0.05) is 31.2 Å². The normalized spacial score (nSPS) is 16.8. The molecule has 0 bridgehead atoms. The second kappa shape index (κ2) is 14.9. The zero-order chi connectivity index (χ0) is 33.5. The predicted molar refractivity (Wildman–Crippen MR) is 181 cm³/mol. The Morgan fingerprint density at radius 3 is 2.40 bits per heavy atom. The van der Waals surface area contributed by atoms with E-state index in [1.807, 2.05) is 45.2 Å². The SMILES string of the molecule is C[C@H]1CN([C@@H](C)CO)C(=O)c2cc(NC(=O)c3ccncc3)ccc2O[C@@H]1CN(C)Cc1ccc(C(=O)Nc2ccccc2N)cc1. The number of likely N-dealkylation sites (N-methyl/N-ethyl adjacent to an activating group) is 1. The lowest BCUT2D eigenvalue weighted by Gasteiger charge is -2.38. The van der Waals surface area contributed by atoms with Crippen LogP contribution >= 0.6 is 0 Å². The first-order chi connectivity index (χ1) is 22.6. The molecule has 0 aliphatic carbocycles. The van der Waals surface area contributed by atoms with Gasteiger partial charge in [0.25, 0.3) is 17.7 Å². The summed E-state index contributed by atoms with van der Waals surface area (Å²) in [5.41, 5.74) is 9.76. The summed E-state index contributed by atoms with van der Waals surface area (Å²) in [6, 6.07) is 22.4. The van der Waals surface area contributed by atoms with Crippen LogP contribution in [0.25, 0.3) is 0 Å². The van der Waals surface area contributed by atoms with Crippen molar-refractivity contribution >= 4 is 34.8 Å². The fourth-order valence-electron chi connectivity index (χ4n) is 5.48. The second-order valence-electron chi connectivity index (χ2n) is 12.0. The molecule has 0 saturated carbocycles. The second-order valence-corrected chi connectivity index (χ2v) is 12.0. The van der Waals surface area contributed by atoms with Crippen molar-refractivity contribution in [2.75, 3.05) is 43.1 Å². The highest BCUT2D eigenvalue weighted by atomic mass is 16.5. The van der Waals surface area contributed by atoms with E-state index in [4.69, 9.17) is 10.5 Å². The lowest BCUT2D eigenvalue weighted by atomic mass is 9.99. The number of anilines is 3. The Hall–Kier alpha value is -5.26. The highest BCUT2D eigenvalue weighted by Crippen LogP contribution is 2.31. The molecule has 0 saturated heterocycles. The van der Waals surface area contributed by atoms with Crippen LogP contribution in [0.1, 0.15) is 50.5 Å². The molecule has 3 amide bonds. The Morgan fingerprint density at radius 2 is 1.70 bits per heavy atom. The average molecular weight is 637 g/mol. The Kier molecular flexibility index (Phi) is 10.5. The third-order valence-corrected chi connectivity index (χ3v) is 8.23. The summed E-state index contributed by atoms with van der Waals surface area (Å²) >= 11 is 0. The van der Waals surface area contributed by atoms with E-state index < -0.39 is 6.04 Å². The first-order valence-corrected chi connectivity index (χ1v) is 15.5. The Morgan fingerprint density at radius 1 is 1.02 bits per heavy atom. The van der Waals surface area contributed by atoms with Crippen molar-refractivity contribution in [2.24, 2.45) is 5.92 Å². The number of carbonyl (C=O) groups excluding carboxylic acids is 3. The highest BCUT2D eigenvalue weighted by Gasteiger charge is 2.33. The molecule has 5 rings (SSSR count). The Labute approximate surface area is 274 Å². The number of nitrogens with two attached hydrogens (primary N) is 1. The zero-order valence-corrected chi connectivity index (χ0v) is 26.7. The summed E-state index contributed by atoms with van der Waals surface area (Å²) in [6.07, 6.45) is 2.78. The van der Waals surface area contributed by atoms with Crippen LogP contribution in [-0.4, -0.2) is 76.5 Å². The maximum absolute atomic E-state index is 13.8. The fraction of sp³-hybridized carbons (Fsp3) is 0.278. The van der Waals surface area contributed by atoms with Crippen LogP contribution in [0.4, 0.5) is 17.1 Å². The van der Waals surface area contributed by atoms with Crippen molar-refractivity contribution in [1.82, 2.24) is 14.8 Å². The molecule has 1 aromatic heterocycles. The fourth-order valence-corrected chi connectivity index (χ4v) is 5.48. The van der Waals surface area contributed by atoms with Crippen LogP contribution in [0.15, 0.2) is 91.3 Å². The molecule has 4 aromatic rings. The molecule has 1 aliphatic rings. The summed E-state index contributed by atoms with van der Waals surface area (Å²) in [6.45, 7) is 5.17. The number of carbonyl (C=O) groups is 3. The van der Waals surface area contributed by atoms with Gasteiger partial charge in [0.1, 0.15) is 11.9 Å². The topological polar surface area (TPSA) is 150 Å². The van der Waals surface area contributed by atoms with Gasteiger partial charge in [-0.25, -0.2) is 0 Å². The van der Waals surface area contributed by atoms with E-state index in [2.05, 4.69) is 20.5 Å². The third kappa shape index (κ3) is 8.13. The number of nitrogen functional groups attached to an aromatic ring is 1. The zero-order valence-electron chi connectivity index (χ0n) is 26.7. The molecule has 3 atom stereocenters. The van der Waals surface area contributed by atoms with Gasteiger partial charge in [-0.05, 0) is 74.1 Å². The number of aliphatic hydroxyl groups excluding tert-OH is 1. The minimum absolute atomic E-state index is 0.0638. The van der Waals surface area contributed by atoms with Crippen molar-refractivity contribution in [1.29, 1.82) is 0 Å². The first-order valence-electron chi connectivity index (χ1n) is 15.5. The summed E-state index contributed by atoms with van der Waals surface area (Å²) < 4.78 is 6.52. The number of aliphatic hydroxyl groups is 1. The highest BCUT2D eigenvalue weighted by molar-refractivity contribution is 6.06. The molecule has 0 radical (unpaired) electrons. The van der Waals surface area contributed by atoms with Gasteiger partial charge in [0.15, 0.2) is 0 Å². The molecule has 3 aromatic carbocycles. The van der Waals surface area contributed by atoms with E-state index in [0.29, 0.717) is 59.1 Å². The van der Waals surface area contributed by atoms with Crippen LogP contribution in [0.5, 0.6) is 5.75 Å². The lowest BCUT2D eigenvalue weighted by molar-refractivity contribution is 0.0341. The predicted octanol–water partition coefficient (Wildman–Crippen LogP) is 4.52. The van der Waals surface area contributed by atoms with Gasteiger partial charge in [0.2, 0.25) is 0 Å². The minimum Gasteiger partial charge on any atom is -0.488 e. The van der Waals surface area contributed by atoms with Gasteiger partial charge in [-0.2, -0.15) is 0 Å². The number of amides is 3. The number of hydrogen-bond acceptors (Lipinski definition) is 8. The maximum atomic E-state index is 13.8. The van der Waals surface area contributed by atoms with E-state index in [1.54, 1.807) is 59.5 Å². The number of fused-ring (bicyclic) bond motifs is 1. The molecule has 0 fully saturated rings. The van der Waals surface area contributed by atoms with E-state index in [1.165, 1.54) is 12.4 Å². The van der Waals surface area contributed by atoms with Crippen LogP contribution < -0.4 is 21.1 Å². The molecule has 11 nitrogen and oxygen atoms in total. The molecular formula is C36H40N6O5. The number of ether oxygens (including phenoxy) is 1. The Bertz CT molecular complexity index is 1710. The molecule has 47 heavy (non-hydrogen) atoms. The van der Waals surface area contributed by atoms with Gasteiger partial charge >= 0.3 is 0 Å². The molecule has 244 valence electrons. The van der Waals surface area contributed by atoms with Gasteiger partial charge in [-0.15, -0.1) is 0 Å². The molecule has 0 spiro atoms.